The first-order valence-corrected chi connectivity index (χ1v) is 10.3. The van der Waals surface area contributed by atoms with Gasteiger partial charge in [0, 0.05) is 17.3 Å². The van der Waals surface area contributed by atoms with Crippen molar-refractivity contribution >= 4 is 35.0 Å². The molecule has 3 rings (SSSR count). The second kappa shape index (κ2) is 8.99. The number of benzene rings is 1. The van der Waals surface area contributed by atoms with E-state index in [0.717, 1.165) is 42.5 Å². The Labute approximate surface area is 168 Å². The highest BCUT2D eigenvalue weighted by atomic mass is 35.5. The first-order chi connectivity index (χ1) is 13.0. The van der Waals surface area contributed by atoms with Gasteiger partial charge in [0.25, 0.3) is 0 Å². The molecule has 6 nitrogen and oxygen atoms in total. The molecule has 1 atom stereocenters. The molecule has 146 valence electrons. The molecule has 1 unspecified atom stereocenters. The van der Waals surface area contributed by atoms with Crippen molar-refractivity contribution in [1.29, 1.82) is 0 Å². The molecule has 2 aromatic rings. The molecule has 0 bridgehead atoms. The van der Waals surface area contributed by atoms with Crippen LogP contribution in [0.4, 0.5) is 5.69 Å². The number of methoxy groups -OCH3 is 1. The Hall–Kier alpha value is -1.70. The van der Waals surface area contributed by atoms with Gasteiger partial charge in [-0.1, -0.05) is 23.4 Å². The van der Waals surface area contributed by atoms with E-state index in [1.807, 2.05) is 6.92 Å². The summed E-state index contributed by atoms with van der Waals surface area (Å²) in [5.74, 6) is 0.684. The number of anilines is 1. The minimum atomic E-state index is -0.137. The Morgan fingerprint density at radius 3 is 3.00 bits per heavy atom. The van der Waals surface area contributed by atoms with Crippen molar-refractivity contribution in [3.8, 4) is 5.75 Å². The van der Waals surface area contributed by atoms with Crippen LogP contribution in [0.25, 0.3) is 0 Å². The van der Waals surface area contributed by atoms with Crippen LogP contribution in [0.3, 0.4) is 0 Å². The van der Waals surface area contributed by atoms with Gasteiger partial charge in [-0.15, -0.1) is 0 Å². The number of halogens is 1. The maximum absolute atomic E-state index is 12.4. The van der Waals surface area contributed by atoms with Gasteiger partial charge in [-0.05, 0) is 44.9 Å². The summed E-state index contributed by atoms with van der Waals surface area (Å²) in [6.07, 6.45) is 2.39. The van der Waals surface area contributed by atoms with E-state index in [0.29, 0.717) is 16.5 Å². The van der Waals surface area contributed by atoms with Crippen molar-refractivity contribution in [2.24, 2.45) is 0 Å². The van der Waals surface area contributed by atoms with Crippen LogP contribution in [0.1, 0.15) is 24.2 Å². The summed E-state index contributed by atoms with van der Waals surface area (Å²) < 4.78 is 13.2. The second-order valence-corrected chi connectivity index (χ2v) is 7.87. The van der Waals surface area contributed by atoms with Crippen molar-refractivity contribution in [2.45, 2.75) is 44.5 Å². The predicted molar refractivity (Wildman–Crippen MR) is 108 cm³/mol. The standard InChI is InChI=1S/C19H24ClN3O3S/c1-12-13(2)23(10-15-5-4-8-26-15)19(21-12)27-11-18(24)22-16-9-14(20)6-7-17(16)25-3/h6-7,9,15H,4-5,8,10-11H2,1-3H3,(H,22,24). The largest absolute Gasteiger partial charge is 0.495 e. The van der Waals surface area contributed by atoms with E-state index in [1.165, 1.54) is 11.8 Å². The molecule has 1 amide bonds. The Kier molecular flexibility index (Phi) is 6.68. The molecule has 27 heavy (non-hydrogen) atoms. The highest BCUT2D eigenvalue weighted by Crippen LogP contribution is 2.29. The fourth-order valence-electron chi connectivity index (χ4n) is 3.03. The topological polar surface area (TPSA) is 65.4 Å². The van der Waals surface area contributed by atoms with Gasteiger partial charge >= 0.3 is 0 Å². The molecular weight excluding hydrogens is 386 g/mol. The summed E-state index contributed by atoms with van der Waals surface area (Å²) in [4.78, 5) is 17.0. The molecule has 1 saturated heterocycles. The Morgan fingerprint density at radius 1 is 1.48 bits per heavy atom. The lowest BCUT2D eigenvalue weighted by atomic mass is 10.2. The maximum atomic E-state index is 12.4. The molecule has 1 aromatic carbocycles. The fraction of sp³-hybridized carbons (Fsp3) is 0.474. The van der Waals surface area contributed by atoms with Crippen LogP contribution in [-0.2, 0) is 16.1 Å². The first-order valence-electron chi connectivity index (χ1n) is 8.89. The number of nitrogens with zero attached hydrogens (tertiary/aromatic N) is 2. The zero-order valence-corrected chi connectivity index (χ0v) is 17.3. The van der Waals surface area contributed by atoms with Crippen molar-refractivity contribution in [1.82, 2.24) is 9.55 Å². The SMILES string of the molecule is COc1ccc(Cl)cc1NC(=O)CSc1nc(C)c(C)n1CC1CCCO1. The maximum Gasteiger partial charge on any atom is 0.234 e. The number of aromatic nitrogens is 2. The second-order valence-electron chi connectivity index (χ2n) is 6.49. The quantitative estimate of drug-likeness (QED) is 0.698. The van der Waals surface area contributed by atoms with Crippen LogP contribution in [-0.4, -0.2) is 41.0 Å². The molecule has 0 aliphatic carbocycles. The van der Waals surface area contributed by atoms with Gasteiger partial charge in [-0.25, -0.2) is 4.98 Å². The average molecular weight is 410 g/mol. The molecule has 1 aromatic heterocycles. The Bertz CT molecular complexity index is 819. The lowest BCUT2D eigenvalue weighted by molar-refractivity contribution is -0.113. The summed E-state index contributed by atoms with van der Waals surface area (Å²) in [6.45, 7) is 5.64. The Balaban J connectivity index is 1.65. The van der Waals surface area contributed by atoms with Crippen LogP contribution in [0.2, 0.25) is 5.02 Å². The number of aryl methyl sites for hydroxylation is 1. The van der Waals surface area contributed by atoms with Crippen LogP contribution in [0.15, 0.2) is 23.4 Å². The number of rotatable bonds is 7. The van der Waals surface area contributed by atoms with Gasteiger partial charge in [0.15, 0.2) is 5.16 Å². The summed E-state index contributed by atoms with van der Waals surface area (Å²) in [6, 6.07) is 5.12. The van der Waals surface area contributed by atoms with E-state index in [-0.39, 0.29) is 17.8 Å². The number of thioether (sulfide) groups is 1. The molecule has 2 heterocycles. The molecular formula is C19H24ClN3O3S. The number of imidazole rings is 1. The van der Waals surface area contributed by atoms with E-state index in [2.05, 4.69) is 21.8 Å². The molecule has 1 N–H and O–H groups in total. The minimum absolute atomic E-state index is 0.137. The molecule has 1 fully saturated rings. The average Bonchev–Trinajstić information content (AvgIpc) is 3.24. The molecule has 1 aliphatic heterocycles. The summed E-state index contributed by atoms with van der Waals surface area (Å²) >= 11 is 7.44. The molecule has 0 spiro atoms. The van der Waals surface area contributed by atoms with Crippen LogP contribution < -0.4 is 10.1 Å². The van der Waals surface area contributed by atoms with Crippen molar-refractivity contribution in [2.75, 3.05) is 24.8 Å². The van der Waals surface area contributed by atoms with Crippen molar-refractivity contribution < 1.29 is 14.3 Å². The predicted octanol–water partition coefficient (Wildman–Crippen LogP) is 4.07. The van der Waals surface area contributed by atoms with Gasteiger partial charge in [0.05, 0.1) is 36.9 Å². The van der Waals surface area contributed by atoms with Crippen LogP contribution in [0.5, 0.6) is 5.75 Å². The lowest BCUT2D eigenvalue weighted by Crippen LogP contribution is -2.18. The minimum Gasteiger partial charge on any atom is -0.495 e. The van der Waals surface area contributed by atoms with Gasteiger partial charge in [0.2, 0.25) is 5.91 Å². The summed E-state index contributed by atoms with van der Waals surface area (Å²) in [5.41, 5.74) is 2.66. The number of nitrogens with one attached hydrogen (secondary N) is 1. The highest BCUT2D eigenvalue weighted by molar-refractivity contribution is 7.99. The number of hydrogen-bond donors (Lipinski definition) is 1. The van der Waals surface area contributed by atoms with Gasteiger partial charge in [-0.3, -0.25) is 4.79 Å². The van der Waals surface area contributed by atoms with Gasteiger partial charge in [0.1, 0.15) is 5.75 Å². The Morgan fingerprint density at radius 2 is 2.30 bits per heavy atom. The molecule has 8 heteroatoms. The molecule has 0 radical (unpaired) electrons. The summed E-state index contributed by atoms with van der Waals surface area (Å²) in [7, 11) is 1.56. The van der Waals surface area contributed by atoms with Crippen molar-refractivity contribution in [3.05, 3.63) is 34.6 Å². The number of ether oxygens (including phenoxy) is 2. The van der Waals surface area contributed by atoms with Crippen LogP contribution in [0, 0.1) is 13.8 Å². The van der Waals surface area contributed by atoms with E-state index in [4.69, 9.17) is 21.1 Å². The first kappa shape index (κ1) is 20.0. The zero-order valence-electron chi connectivity index (χ0n) is 15.8. The number of hydrogen-bond acceptors (Lipinski definition) is 5. The lowest BCUT2D eigenvalue weighted by Gasteiger charge is -2.15. The molecule has 1 aliphatic rings. The summed E-state index contributed by atoms with van der Waals surface area (Å²) in [5, 5.41) is 4.24. The van der Waals surface area contributed by atoms with E-state index < -0.39 is 0 Å². The normalized spacial score (nSPS) is 16.5. The number of carbonyl (C=O) groups excluding carboxylic acids is 1. The van der Waals surface area contributed by atoms with Crippen LogP contribution >= 0.6 is 23.4 Å². The van der Waals surface area contributed by atoms with Gasteiger partial charge in [-0.2, -0.15) is 0 Å². The number of carbonyl (C=O) groups is 1. The zero-order chi connectivity index (χ0) is 19.4. The van der Waals surface area contributed by atoms with E-state index in [9.17, 15) is 4.79 Å². The third-order valence-corrected chi connectivity index (χ3v) is 5.81. The smallest absolute Gasteiger partial charge is 0.234 e. The van der Waals surface area contributed by atoms with Crippen molar-refractivity contribution in [3.63, 3.8) is 0 Å². The number of amides is 1. The van der Waals surface area contributed by atoms with E-state index >= 15 is 0 Å². The molecule has 0 saturated carbocycles. The third kappa shape index (κ3) is 4.97. The highest BCUT2D eigenvalue weighted by Gasteiger charge is 2.21. The van der Waals surface area contributed by atoms with E-state index in [1.54, 1.807) is 25.3 Å². The fourth-order valence-corrected chi connectivity index (χ4v) is 4.11. The third-order valence-electron chi connectivity index (χ3n) is 4.60. The van der Waals surface area contributed by atoms with Gasteiger partial charge < -0.3 is 19.4 Å². The monoisotopic (exact) mass is 409 g/mol.